The number of hydrogen-bond acceptors (Lipinski definition) is 12. The van der Waals surface area contributed by atoms with Crippen LogP contribution in [0, 0.1) is 0 Å². The number of benzene rings is 4. The molecule has 16 heteroatoms. The van der Waals surface area contributed by atoms with Crippen molar-refractivity contribution in [1.29, 1.82) is 0 Å². The van der Waals surface area contributed by atoms with Gasteiger partial charge in [-0.3, -0.25) is 38.6 Å². The predicted octanol–water partition coefficient (Wildman–Crippen LogP) is 4.91. The molecule has 0 radical (unpaired) electrons. The smallest absolute Gasteiger partial charge is 0.330 e. The van der Waals surface area contributed by atoms with Gasteiger partial charge in [0.05, 0.1) is 22.3 Å². The molecule has 6 amide bonds. The lowest BCUT2D eigenvalue weighted by atomic mass is 9.95. The number of carbonyl (C=O) groups excluding carboxylic acids is 8. The van der Waals surface area contributed by atoms with E-state index in [0.29, 0.717) is 22.3 Å². The molecule has 4 aromatic carbocycles. The summed E-state index contributed by atoms with van der Waals surface area (Å²) in [6.07, 6.45) is 0. The number of ether oxygens (including phenoxy) is 2. The van der Waals surface area contributed by atoms with Gasteiger partial charge < -0.3 is 19.3 Å². The molecule has 0 aromatic heterocycles. The molecule has 62 heavy (non-hydrogen) atoms. The molecule has 0 saturated carbocycles. The third-order valence-electron chi connectivity index (χ3n) is 11.9. The number of imide groups is 2. The Morgan fingerprint density at radius 1 is 0.484 bits per heavy atom. The lowest BCUT2D eigenvalue weighted by Crippen LogP contribution is -2.71. The van der Waals surface area contributed by atoms with Crippen molar-refractivity contribution in [3.8, 4) is 0 Å². The van der Waals surface area contributed by atoms with Crippen molar-refractivity contribution in [2.75, 3.05) is 0 Å². The summed E-state index contributed by atoms with van der Waals surface area (Å²) in [5.41, 5.74) is 2.93. The third-order valence-corrected chi connectivity index (χ3v) is 15.0. The third kappa shape index (κ3) is 6.49. The van der Waals surface area contributed by atoms with Gasteiger partial charge >= 0.3 is 11.9 Å². The molecule has 4 fully saturated rings. The Morgan fingerprint density at radius 3 is 1.08 bits per heavy atom. The van der Waals surface area contributed by atoms with E-state index in [1.807, 2.05) is 88.4 Å². The lowest BCUT2D eigenvalue weighted by molar-refractivity contribution is -0.166. The van der Waals surface area contributed by atoms with Crippen molar-refractivity contribution in [3.63, 3.8) is 0 Å². The Labute approximate surface area is 364 Å². The van der Waals surface area contributed by atoms with Crippen LogP contribution in [0.1, 0.15) is 80.3 Å². The van der Waals surface area contributed by atoms with Crippen molar-refractivity contribution in [1.82, 2.24) is 19.6 Å². The maximum atomic E-state index is 13.1. The summed E-state index contributed by atoms with van der Waals surface area (Å²) in [5, 5.41) is -0.946. The first-order valence-corrected chi connectivity index (χ1v) is 21.7. The molecular formula is C46H40N4O10S2. The zero-order valence-corrected chi connectivity index (χ0v) is 35.6. The molecule has 0 N–H and O–H groups in total. The monoisotopic (exact) mass is 872 g/mol. The molecule has 0 unspecified atom stereocenters. The minimum Gasteiger partial charge on any atom is -0.459 e. The largest absolute Gasteiger partial charge is 0.459 e. The molecule has 0 aliphatic carbocycles. The van der Waals surface area contributed by atoms with Gasteiger partial charge in [0.25, 0.3) is 35.4 Å². The topological polar surface area (TPSA) is 168 Å². The summed E-state index contributed by atoms with van der Waals surface area (Å²) >= 11 is 2.83. The van der Waals surface area contributed by atoms with E-state index in [0.717, 1.165) is 20.9 Å². The highest BCUT2D eigenvalue weighted by Gasteiger charge is 2.69. The average molecular weight is 873 g/mol. The Hall–Kier alpha value is -6.26. The molecule has 6 atom stereocenters. The van der Waals surface area contributed by atoms with Crippen molar-refractivity contribution >= 4 is 70.9 Å². The fraction of sp³-hybridized carbons (Fsp3) is 0.304. The number of hydrogen-bond donors (Lipinski definition) is 0. The van der Waals surface area contributed by atoms with Gasteiger partial charge in [-0.05, 0) is 63.1 Å². The Bertz CT molecular complexity index is 2340. The Morgan fingerprint density at radius 2 is 0.774 bits per heavy atom. The second-order valence-corrected chi connectivity index (χ2v) is 20.2. The standard InChI is InChI=1S/2C23H20N2O5S/c2*1-23(2)17(22(29)30-12-13-8-4-3-5-9-13)25-20(28)16(21(25)31-23)24-18(26)14-10-6-7-11-15(14)19(24)27/h2*3-11,16-17,21H,12H2,1-2H3/t16-,17+,21-;16-,17-,21+/m10/s1. The molecule has 6 aliphatic heterocycles. The van der Waals surface area contributed by atoms with E-state index in [-0.39, 0.29) is 13.2 Å². The number of rotatable bonds is 8. The molecule has 0 spiro atoms. The van der Waals surface area contributed by atoms with E-state index in [9.17, 15) is 38.4 Å². The minimum atomic E-state index is -0.913. The normalized spacial score (nSPS) is 25.9. The number of nitrogens with zero attached hydrogens (tertiary/aromatic N) is 4. The van der Waals surface area contributed by atoms with Gasteiger partial charge in [-0.15, -0.1) is 23.5 Å². The number of fused-ring (bicyclic) bond motifs is 4. The van der Waals surface area contributed by atoms with Crippen molar-refractivity contribution in [2.45, 2.75) is 85.3 Å². The van der Waals surface area contributed by atoms with Gasteiger partial charge in [0.1, 0.15) is 48.1 Å². The van der Waals surface area contributed by atoms with Crippen LogP contribution in [-0.2, 0) is 41.9 Å². The fourth-order valence-electron chi connectivity index (χ4n) is 8.96. The number of esters is 2. The highest BCUT2D eigenvalue weighted by atomic mass is 32.2. The number of β-lactam (4-membered cyclic amide) rings is 2. The van der Waals surface area contributed by atoms with Crippen LogP contribution in [0.15, 0.2) is 109 Å². The zero-order chi connectivity index (χ0) is 43.8. The Balaban J connectivity index is 0.000000158. The molecule has 4 saturated heterocycles. The maximum Gasteiger partial charge on any atom is 0.330 e. The van der Waals surface area contributed by atoms with E-state index in [2.05, 4.69) is 0 Å². The van der Waals surface area contributed by atoms with E-state index < -0.39 is 91.8 Å². The molecule has 6 heterocycles. The first-order valence-electron chi connectivity index (χ1n) is 20.0. The maximum absolute atomic E-state index is 13.1. The first-order chi connectivity index (χ1) is 29.6. The lowest BCUT2D eigenvalue weighted by Gasteiger charge is -2.46. The van der Waals surface area contributed by atoms with Crippen LogP contribution >= 0.6 is 23.5 Å². The second kappa shape index (κ2) is 15.3. The van der Waals surface area contributed by atoms with Crippen molar-refractivity contribution in [2.24, 2.45) is 0 Å². The molecule has 14 nitrogen and oxygen atoms in total. The van der Waals surface area contributed by atoms with E-state index >= 15 is 0 Å². The minimum absolute atomic E-state index is 0.117. The highest BCUT2D eigenvalue weighted by Crippen LogP contribution is 2.54. The van der Waals surface area contributed by atoms with Gasteiger partial charge in [-0.25, -0.2) is 9.59 Å². The van der Waals surface area contributed by atoms with Gasteiger partial charge in [0.15, 0.2) is 0 Å². The van der Waals surface area contributed by atoms with Crippen LogP contribution in [0.25, 0.3) is 0 Å². The average Bonchev–Trinajstić information content (AvgIpc) is 3.87. The van der Waals surface area contributed by atoms with Gasteiger partial charge in [-0.1, -0.05) is 84.9 Å². The van der Waals surface area contributed by atoms with E-state index in [4.69, 9.17) is 9.47 Å². The molecular weight excluding hydrogens is 833 g/mol. The number of thioether (sulfide) groups is 2. The van der Waals surface area contributed by atoms with Crippen LogP contribution in [0.4, 0.5) is 0 Å². The SMILES string of the molecule is CC1(C)S[C@@H]2[C@@H](N3C(=O)c4ccccc4C3=O)C(=O)N2[C@H]1C(=O)OCc1ccccc1.CC1(C)S[C@@H]2[C@H](N3C(=O)c4ccccc4C3=O)C(=O)N2[C@H]1C(=O)OCc1ccccc1. The fourth-order valence-corrected chi connectivity index (χ4v) is 12.3. The van der Waals surface area contributed by atoms with E-state index in [1.54, 1.807) is 48.5 Å². The van der Waals surface area contributed by atoms with Crippen LogP contribution in [0.3, 0.4) is 0 Å². The first kappa shape index (κ1) is 41.1. The summed E-state index contributed by atoms with van der Waals surface area (Å²) in [6.45, 7) is 7.72. The van der Waals surface area contributed by atoms with Crippen LogP contribution in [0.5, 0.6) is 0 Å². The van der Waals surface area contributed by atoms with Crippen molar-refractivity contribution in [3.05, 3.63) is 143 Å². The summed E-state index contributed by atoms with van der Waals surface area (Å²) in [5.74, 6) is -3.65. The molecule has 6 aliphatic rings. The highest BCUT2D eigenvalue weighted by molar-refractivity contribution is 8.02. The molecule has 4 aromatic rings. The number of carbonyl (C=O) groups is 8. The Kier molecular flexibility index (Phi) is 10.1. The van der Waals surface area contributed by atoms with E-state index in [1.165, 1.54) is 33.3 Å². The summed E-state index contributed by atoms with van der Waals surface area (Å²) in [4.78, 5) is 108. The van der Waals surface area contributed by atoms with Gasteiger partial charge in [0.2, 0.25) is 0 Å². The summed E-state index contributed by atoms with van der Waals surface area (Å²) in [6, 6.07) is 28.4. The molecule has 10 rings (SSSR count). The van der Waals surface area contributed by atoms with Gasteiger partial charge in [-0.2, -0.15) is 0 Å². The molecule has 316 valence electrons. The molecule has 0 bridgehead atoms. The summed E-state index contributed by atoms with van der Waals surface area (Å²) < 4.78 is 9.77. The van der Waals surface area contributed by atoms with Gasteiger partial charge in [0, 0.05) is 9.49 Å². The van der Waals surface area contributed by atoms with Crippen molar-refractivity contribution < 1.29 is 47.8 Å². The number of amides is 6. The zero-order valence-electron chi connectivity index (χ0n) is 34.0. The van der Waals surface area contributed by atoms with Crippen LogP contribution < -0.4 is 0 Å². The quantitative estimate of drug-likeness (QED) is 0.134. The second-order valence-electron chi connectivity index (χ2n) is 16.6. The summed E-state index contributed by atoms with van der Waals surface area (Å²) in [7, 11) is 0. The van der Waals surface area contributed by atoms with Crippen LogP contribution in [0.2, 0.25) is 0 Å². The predicted molar refractivity (Wildman–Crippen MR) is 226 cm³/mol. The van der Waals surface area contributed by atoms with Crippen LogP contribution in [-0.4, -0.2) is 111 Å².